The summed E-state index contributed by atoms with van der Waals surface area (Å²) in [5.41, 5.74) is 8.00. The Balaban J connectivity index is 1.58. The van der Waals surface area contributed by atoms with Crippen molar-refractivity contribution in [3.05, 3.63) is 72.4 Å². The summed E-state index contributed by atoms with van der Waals surface area (Å²) < 4.78 is 14.2. The van der Waals surface area contributed by atoms with Crippen LogP contribution in [0.3, 0.4) is 0 Å². The second kappa shape index (κ2) is 6.20. The second-order valence-electron chi connectivity index (χ2n) is 6.30. The molecule has 1 aliphatic carbocycles. The lowest BCUT2D eigenvalue weighted by molar-refractivity contribution is 0.274. The molecule has 0 saturated heterocycles. The molecule has 4 rings (SSSR count). The molecule has 0 aromatic carbocycles. The maximum absolute atomic E-state index is 14.2. The largest absolute Gasteiger partial charge is 0.384 e. The van der Waals surface area contributed by atoms with Gasteiger partial charge in [-0.25, -0.2) is 9.37 Å². The van der Waals surface area contributed by atoms with E-state index < -0.39 is 0 Å². The van der Waals surface area contributed by atoms with Crippen LogP contribution in [0.15, 0.2) is 48.8 Å². The van der Waals surface area contributed by atoms with Crippen LogP contribution in [0.2, 0.25) is 0 Å². The van der Waals surface area contributed by atoms with Gasteiger partial charge in [-0.05, 0) is 49.2 Å². The van der Waals surface area contributed by atoms with Crippen LogP contribution in [0.4, 0.5) is 10.2 Å². The topological polar surface area (TPSA) is 77.6 Å². The van der Waals surface area contributed by atoms with E-state index in [9.17, 15) is 4.39 Å². The second-order valence-corrected chi connectivity index (χ2v) is 6.30. The molecule has 5 nitrogen and oxygen atoms in total. The smallest absolute Gasteiger partial charge is 0.145 e. The van der Waals surface area contributed by atoms with Crippen molar-refractivity contribution in [1.82, 2.24) is 20.2 Å². The van der Waals surface area contributed by atoms with E-state index in [1.807, 2.05) is 24.6 Å². The van der Waals surface area contributed by atoms with Gasteiger partial charge in [0.25, 0.3) is 0 Å². The zero-order chi connectivity index (χ0) is 17.3. The fraction of sp³-hybridized carbons (Fsp3) is 0.211. The van der Waals surface area contributed by atoms with Gasteiger partial charge in [-0.2, -0.15) is 10.2 Å². The highest BCUT2D eigenvalue weighted by molar-refractivity contribution is 5.58. The Bertz CT molecular complexity index is 873. The van der Waals surface area contributed by atoms with Gasteiger partial charge in [0, 0.05) is 29.8 Å². The van der Waals surface area contributed by atoms with Crippen molar-refractivity contribution in [2.75, 3.05) is 5.73 Å². The minimum Gasteiger partial charge on any atom is -0.384 e. The molecule has 0 aliphatic heterocycles. The third-order valence-corrected chi connectivity index (χ3v) is 4.67. The molecule has 125 valence electrons. The molecule has 0 spiro atoms. The summed E-state index contributed by atoms with van der Waals surface area (Å²) in [7, 11) is 0. The van der Waals surface area contributed by atoms with Crippen molar-refractivity contribution in [3.63, 3.8) is 0 Å². The quantitative estimate of drug-likeness (QED) is 0.792. The summed E-state index contributed by atoms with van der Waals surface area (Å²) in [5.74, 6) is 0.196. The van der Waals surface area contributed by atoms with Gasteiger partial charge in [0.1, 0.15) is 11.6 Å². The van der Waals surface area contributed by atoms with E-state index in [4.69, 9.17) is 5.73 Å². The number of nitrogens with two attached hydrogens (primary N) is 1. The van der Waals surface area contributed by atoms with E-state index in [-0.39, 0.29) is 11.2 Å². The molecular formula is C19H17FN5. The first-order valence-electron chi connectivity index (χ1n) is 8.19. The van der Waals surface area contributed by atoms with Crippen LogP contribution >= 0.6 is 0 Å². The third kappa shape index (κ3) is 2.95. The predicted octanol–water partition coefficient (Wildman–Crippen LogP) is 3.33. The Morgan fingerprint density at radius 2 is 1.92 bits per heavy atom. The standard InChI is InChI=1S/C19H17FN5/c20-15-3-1-10-22-18(15)19(8-2-9-19)11-14-5-6-16(25-24-14)13-4-7-17(21)23-12-13/h1,3-7,10-12H,2,8-9H2,(H2,21,23). The predicted molar refractivity (Wildman–Crippen MR) is 92.8 cm³/mol. The van der Waals surface area contributed by atoms with Crippen LogP contribution in [0.5, 0.6) is 0 Å². The highest BCUT2D eigenvalue weighted by atomic mass is 19.1. The van der Waals surface area contributed by atoms with Gasteiger partial charge < -0.3 is 5.73 Å². The van der Waals surface area contributed by atoms with Crippen LogP contribution < -0.4 is 5.73 Å². The Morgan fingerprint density at radius 3 is 2.52 bits per heavy atom. The average molecular weight is 334 g/mol. The number of nitrogens with zero attached hydrogens (tertiary/aromatic N) is 4. The lowest BCUT2D eigenvalue weighted by Gasteiger charge is -2.41. The maximum atomic E-state index is 14.2. The van der Waals surface area contributed by atoms with Gasteiger partial charge in [0.05, 0.1) is 17.1 Å². The fourth-order valence-corrected chi connectivity index (χ4v) is 3.17. The summed E-state index contributed by atoms with van der Waals surface area (Å²) in [5, 5.41) is 8.55. The number of nitrogen functional groups attached to an aromatic ring is 1. The molecule has 0 bridgehead atoms. The molecule has 0 amide bonds. The number of rotatable bonds is 4. The Kier molecular flexibility index (Phi) is 3.87. The molecule has 0 atom stereocenters. The monoisotopic (exact) mass is 334 g/mol. The highest BCUT2D eigenvalue weighted by Gasteiger charge is 2.42. The molecule has 2 N–H and O–H groups in total. The molecular weight excluding hydrogens is 317 g/mol. The van der Waals surface area contributed by atoms with Gasteiger partial charge in [0.2, 0.25) is 0 Å². The Labute approximate surface area is 145 Å². The molecule has 25 heavy (non-hydrogen) atoms. The van der Waals surface area contributed by atoms with Crippen molar-refractivity contribution >= 4 is 5.82 Å². The Morgan fingerprint density at radius 1 is 1.04 bits per heavy atom. The average Bonchev–Trinajstić information content (AvgIpc) is 2.60. The van der Waals surface area contributed by atoms with Crippen molar-refractivity contribution in [1.29, 1.82) is 0 Å². The molecule has 1 radical (unpaired) electrons. The molecule has 1 aliphatic rings. The summed E-state index contributed by atoms with van der Waals surface area (Å²) in [6, 6.07) is 10.4. The minimum atomic E-state index is -0.385. The van der Waals surface area contributed by atoms with E-state index in [0.29, 0.717) is 11.5 Å². The number of halogens is 1. The van der Waals surface area contributed by atoms with Crippen molar-refractivity contribution in [3.8, 4) is 11.3 Å². The number of anilines is 1. The first-order chi connectivity index (χ1) is 12.2. The van der Waals surface area contributed by atoms with Crippen LogP contribution in [0.1, 0.15) is 30.7 Å². The molecule has 0 unspecified atom stereocenters. The van der Waals surface area contributed by atoms with Crippen LogP contribution in [0.25, 0.3) is 11.3 Å². The van der Waals surface area contributed by atoms with Crippen LogP contribution in [0, 0.1) is 12.2 Å². The molecule has 3 aromatic rings. The Hall–Kier alpha value is -2.89. The summed E-state index contributed by atoms with van der Waals surface area (Å²) in [4.78, 5) is 8.33. The summed E-state index contributed by atoms with van der Waals surface area (Å²) >= 11 is 0. The number of pyridine rings is 2. The van der Waals surface area contributed by atoms with Crippen molar-refractivity contribution < 1.29 is 4.39 Å². The van der Waals surface area contributed by atoms with E-state index in [0.717, 1.165) is 36.2 Å². The number of aromatic nitrogens is 4. The van der Waals surface area contributed by atoms with Crippen molar-refractivity contribution in [2.24, 2.45) is 0 Å². The summed E-state index contributed by atoms with van der Waals surface area (Å²) in [6.45, 7) is 0. The SMILES string of the molecule is Nc1ccc(-c2ccc([CH]C3(c4ncccc4F)CCC3)nn2)cn1. The van der Waals surface area contributed by atoms with E-state index >= 15 is 0 Å². The number of hydrogen-bond acceptors (Lipinski definition) is 5. The zero-order valence-electron chi connectivity index (χ0n) is 13.6. The molecule has 1 saturated carbocycles. The lowest BCUT2D eigenvalue weighted by atomic mass is 9.63. The third-order valence-electron chi connectivity index (χ3n) is 4.67. The lowest BCUT2D eigenvalue weighted by Crippen LogP contribution is -2.37. The van der Waals surface area contributed by atoms with Crippen molar-refractivity contribution in [2.45, 2.75) is 24.7 Å². The first-order valence-corrected chi connectivity index (χ1v) is 8.19. The van der Waals surface area contributed by atoms with Gasteiger partial charge in [-0.1, -0.05) is 6.42 Å². The van der Waals surface area contributed by atoms with E-state index in [1.165, 1.54) is 6.07 Å². The van der Waals surface area contributed by atoms with Gasteiger partial charge in [0.15, 0.2) is 0 Å². The fourth-order valence-electron chi connectivity index (χ4n) is 3.17. The van der Waals surface area contributed by atoms with Gasteiger partial charge >= 0.3 is 0 Å². The minimum absolute atomic E-state index is 0.268. The van der Waals surface area contributed by atoms with E-state index in [2.05, 4.69) is 20.2 Å². The van der Waals surface area contributed by atoms with Crippen LogP contribution in [-0.2, 0) is 5.41 Å². The van der Waals surface area contributed by atoms with Gasteiger partial charge in [-0.15, -0.1) is 0 Å². The molecule has 6 heteroatoms. The van der Waals surface area contributed by atoms with Gasteiger partial charge in [-0.3, -0.25) is 4.98 Å². The maximum Gasteiger partial charge on any atom is 0.145 e. The zero-order valence-corrected chi connectivity index (χ0v) is 13.6. The summed E-state index contributed by atoms with van der Waals surface area (Å²) in [6.07, 6.45) is 8.07. The van der Waals surface area contributed by atoms with Crippen LogP contribution in [-0.4, -0.2) is 20.2 Å². The molecule has 3 aromatic heterocycles. The number of hydrogen-bond donors (Lipinski definition) is 1. The highest BCUT2D eigenvalue weighted by Crippen LogP contribution is 2.47. The molecule has 1 fully saturated rings. The van der Waals surface area contributed by atoms with E-state index in [1.54, 1.807) is 24.5 Å². The first kappa shape index (κ1) is 15.6. The normalized spacial score (nSPS) is 15.6. The molecule has 3 heterocycles.